The molecule has 0 aromatic heterocycles. The van der Waals surface area contributed by atoms with E-state index in [1.807, 2.05) is 0 Å². The second kappa shape index (κ2) is 8.17. The smallest absolute Gasteiger partial charge is 0.339 e. The number of sulfonamides is 1. The molecule has 3 rings (SSSR count). The lowest BCUT2D eigenvalue weighted by molar-refractivity contribution is 0.257. The molecule has 0 fully saturated rings. The van der Waals surface area contributed by atoms with Crippen molar-refractivity contribution in [2.24, 2.45) is 5.73 Å². The fourth-order valence-electron chi connectivity index (χ4n) is 2.62. The van der Waals surface area contributed by atoms with Gasteiger partial charge in [-0.25, -0.2) is 13.2 Å². The highest BCUT2D eigenvalue weighted by Crippen LogP contribution is 2.28. The first-order valence-electron chi connectivity index (χ1n) is 8.62. The van der Waals surface area contributed by atoms with E-state index in [0.717, 1.165) is 11.6 Å². The SMILES string of the molecule is Cc1ccc(S(=O)(=O)N(C(N)=O)c2cccc(OS(=O)(=O)c3ccccc3)c2)cc1. The number of amides is 2. The van der Waals surface area contributed by atoms with Crippen molar-refractivity contribution in [3.8, 4) is 5.75 Å². The normalized spacial score (nSPS) is 11.6. The zero-order valence-electron chi connectivity index (χ0n) is 15.8. The summed E-state index contributed by atoms with van der Waals surface area (Å²) in [6, 6.07) is 17.1. The minimum Gasteiger partial charge on any atom is -0.379 e. The summed E-state index contributed by atoms with van der Waals surface area (Å²) < 4.78 is 56.3. The van der Waals surface area contributed by atoms with Gasteiger partial charge in [0.15, 0.2) is 0 Å². The first kappa shape index (κ1) is 21.3. The number of aryl methyl sites for hydroxylation is 1. The fourth-order valence-corrected chi connectivity index (χ4v) is 4.89. The number of anilines is 1. The molecule has 3 aromatic rings. The van der Waals surface area contributed by atoms with Crippen LogP contribution in [0.5, 0.6) is 5.75 Å². The summed E-state index contributed by atoms with van der Waals surface area (Å²) in [5.41, 5.74) is 6.01. The van der Waals surface area contributed by atoms with Gasteiger partial charge in [-0.15, -0.1) is 0 Å². The number of primary amides is 1. The number of nitrogens with zero attached hydrogens (tertiary/aromatic N) is 1. The van der Waals surface area contributed by atoms with Crippen molar-refractivity contribution in [1.29, 1.82) is 0 Å². The summed E-state index contributed by atoms with van der Waals surface area (Å²) in [4.78, 5) is 11.8. The number of urea groups is 1. The van der Waals surface area contributed by atoms with Gasteiger partial charge in [-0.1, -0.05) is 42.0 Å². The molecule has 0 aliphatic carbocycles. The van der Waals surface area contributed by atoms with Crippen LogP contribution in [-0.4, -0.2) is 22.9 Å². The molecule has 3 aromatic carbocycles. The molecule has 0 heterocycles. The number of hydrogen-bond donors (Lipinski definition) is 1. The highest BCUT2D eigenvalue weighted by molar-refractivity contribution is 7.93. The van der Waals surface area contributed by atoms with E-state index in [0.29, 0.717) is 4.31 Å². The van der Waals surface area contributed by atoms with Crippen molar-refractivity contribution in [2.45, 2.75) is 16.7 Å². The predicted molar refractivity (Wildman–Crippen MR) is 111 cm³/mol. The van der Waals surface area contributed by atoms with Crippen LogP contribution in [-0.2, 0) is 20.1 Å². The maximum Gasteiger partial charge on any atom is 0.339 e. The Kier molecular flexibility index (Phi) is 5.81. The standard InChI is InChI=1S/C20H18N2O6S2/c1-15-10-12-18(13-11-15)29(24,25)22(20(21)23)16-6-5-7-17(14-16)28-30(26,27)19-8-3-2-4-9-19/h2-14H,1H3,(H2,21,23). The Hall–Kier alpha value is -3.37. The van der Waals surface area contributed by atoms with Crippen molar-refractivity contribution in [3.05, 3.63) is 84.4 Å². The molecular formula is C20H18N2O6S2. The molecule has 2 N–H and O–H groups in total. The molecule has 0 radical (unpaired) electrons. The molecule has 0 saturated heterocycles. The number of carbonyl (C=O) groups excluding carboxylic acids is 1. The molecule has 0 aliphatic heterocycles. The largest absolute Gasteiger partial charge is 0.379 e. The van der Waals surface area contributed by atoms with Gasteiger partial charge in [0, 0.05) is 6.07 Å². The van der Waals surface area contributed by atoms with E-state index in [2.05, 4.69) is 0 Å². The van der Waals surface area contributed by atoms with Gasteiger partial charge >= 0.3 is 16.1 Å². The minimum atomic E-state index is -4.33. The van der Waals surface area contributed by atoms with Crippen LogP contribution in [0.25, 0.3) is 0 Å². The number of hydrogen-bond acceptors (Lipinski definition) is 6. The summed E-state index contributed by atoms with van der Waals surface area (Å²) in [5.74, 6) is -0.179. The molecule has 156 valence electrons. The van der Waals surface area contributed by atoms with Crippen molar-refractivity contribution >= 4 is 31.9 Å². The van der Waals surface area contributed by atoms with Gasteiger partial charge in [0.05, 0.1) is 10.6 Å². The zero-order valence-corrected chi connectivity index (χ0v) is 17.4. The van der Waals surface area contributed by atoms with Crippen LogP contribution in [0, 0.1) is 6.92 Å². The van der Waals surface area contributed by atoms with Crippen molar-refractivity contribution < 1.29 is 25.8 Å². The van der Waals surface area contributed by atoms with Crippen LogP contribution in [0.1, 0.15) is 5.56 Å². The highest BCUT2D eigenvalue weighted by Gasteiger charge is 2.30. The third-order valence-corrected chi connectivity index (χ3v) is 7.05. The Morgan fingerprint density at radius 1 is 0.833 bits per heavy atom. The van der Waals surface area contributed by atoms with Gasteiger partial charge in [-0.3, -0.25) is 0 Å². The molecule has 0 bridgehead atoms. The molecular weight excluding hydrogens is 428 g/mol. The predicted octanol–water partition coefficient (Wildman–Crippen LogP) is 3.04. The van der Waals surface area contributed by atoms with Crippen LogP contribution in [0.2, 0.25) is 0 Å². The third kappa shape index (κ3) is 4.44. The monoisotopic (exact) mass is 446 g/mol. The van der Waals surface area contributed by atoms with E-state index in [4.69, 9.17) is 9.92 Å². The van der Waals surface area contributed by atoms with E-state index in [-0.39, 0.29) is 21.2 Å². The van der Waals surface area contributed by atoms with Crippen LogP contribution < -0.4 is 14.2 Å². The first-order valence-corrected chi connectivity index (χ1v) is 11.5. The molecule has 2 amide bonds. The van der Waals surface area contributed by atoms with Crippen LogP contribution in [0.15, 0.2) is 88.7 Å². The quantitative estimate of drug-likeness (QED) is 0.581. The lowest BCUT2D eigenvalue weighted by atomic mass is 10.2. The topological polar surface area (TPSA) is 124 Å². The number of carbonyl (C=O) groups is 1. The molecule has 0 spiro atoms. The van der Waals surface area contributed by atoms with Crippen molar-refractivity contribution in [2.75, 3.05) is 4.31 Å². The lowest BCUT2D eigenvalue weighted by Crippen LogP contribution is -2.40. The summed E-state index contributed by atoms with van der Waals surface area (Å²) in [7, 11) is -8.48. The summed E-state index contributed by atoms with van der Waals surface area (Å²) >= 11 is 0. The van der Waals surface area contributed by atoms with Crippen LogP contribution in [0.4, 0.5) is 10.5 Å². The summed E-state index contributed by atoms with van der Waals surface area (Å²) in [5, 5.41) is 0. The summed E-state index contributed by atoms with van der Waals surface area (Å²) in [6.45, 7) is 1.79. The molecule has 10 heteroatoms. The Labute approximate surface area is 174 Å². The molecule has 0 atom stereocenters. The number of benzene rings is 3. The average molecular weight is 447 g/mol. The van der Waals surface area contributed by atoms with Gasteiger partial charge in [-0.05, 0) is 43.3 Å². The Morgan fingerprint density at radius 2 is 1.47 bits per heavy atom. The molecule has 0 aliphatic rings. The third-order valence-electron chi connectivity index (χ3n) is 4.05. The zero-order chi connectivity index (χ0) is 21.9. The van der Waals surface area contributed by atoms with Crippen LogP contribution in [0.3, 0.4) is 0 Å². The molecule has 0 saturated carbocycles. The van der Waals surface area contributed by atoms with E-state index in [9.17, 15) is 21.6 Å². The Morgan fingerprint density at radius 3 is 2.07 bits per heavy atom. The van der Waals surface area contributed by atoms with Crippen LogP contribution >= 0.6 is 0 Å². The van der Waals surface area contributed by atoms with Crippen molar-refractivity contribution in [3.63, 3.8) is 0 Å². The Balaban J connectivity index is 2.00. The van der Waals surface area contributed by atoms with E-state index >= 15 is 0 Å². The maximum atomic E-state index is 13.0. The number of nitrogens with two attached hydrogens (primary N) is 1. The second-order valence-electron chi connectivity index (χ2n) is 6.27. The van der Waals surface area contributed by atoms with Gasteiger partial charge in [0.25, 0.3) is 10.0 Å². The molecule has 0 unspecified atom stereocenters. The average Bonchev–Trinajstić information content (AvgIpc) is 2.68. The van der Waals surface area contributed by atoms with Gasteiger partial charge in [0.2, 0.25) is 0 Å². The van der Waals surface area contributed by atoms with Gasteiger partial charge in [0.1, 0.15) is 10.6 Å². The Bertz CT molecular complexity index is 1270. The van der Waals surface area contributed by atoms with E-state index in [1.165, 1.54) is 54.6 Å². The minimum absolute atomic E-state index is 0.0746. The van der Waals surface area contributed by atoms with E-state index < -0.39 is 26.2 Å². The van der Waals surface area contributed by atoms with Gasteiger partial charge < -0.3 is 9.92 Å². The van der Waals surface area contributed by atoms with Crippen molar-refractivity contribution in [1.82, 2.24) is 0 Å². The first-order chi connectivity index (χ1) is 14.1. The number of rotatable bonds is 6. The summed E-state index contributed by atoms with van der Waals surface area (Å²) in [6.07, 6.45) is 0. The maximum absolute atomic E-state index is 13.0. The molecule has 30 heavy (non-hydrogen) atoms. The lowest BCUT2D eigenvalue weighted by Gasteiger charge is -2.21. The van der Waals surface area contributed by atoms with Gasteiger partial charge in [-0.2, -0.15) is 12.7 Å². The fraction of sp³-hybridized carbons (Fsp3) is 0.0500. The second-order valence-corrected chi connectivity index (χ2v) is 9.60. The van der Waals surface area contributed by atoms with E-state index in [1.54, 1.807) is 25.1 Å². The molecule has 8 nitrogen and oxygen atoms in total. The highest BCUT2D eigenvalue weighted by atomic mass is 32.2.